The van der Waals surface area contributed by atoms with E-state index in [1.165, 1.54) is 12.8 Å². The number of likely N-dealkylation sites (tertiary alicyclic amines) is 1. The first kappa shape index (κ1) is 15.1. The van der Waals surface area contributed by atoms with E-state index in [4.69, 9.17) is 0 Å². The average molecular weight is 326 g/mol. The summed E-state index contributed by atoms with van der Waals surface area (Å²) in [6.07, 6.45) is 8.17. The van der Waals surface area contributed by atoms with Crippen molar-refractivity contribution in [3.63, 3.8) is 0 Å². The smallest absolute Gasteiger partial charge is 0.255 e. The molecule has 7 nitrogen and oxygen atoms in total. The molecule has 7 heteroatoms. The van der Waals surface area contributed by atoms with Crippen LogP contribution >= 0.6 is 0 Å². The van der Waals surface area contributed by atoms with Crippen molar-refractivity contribution in [1.29, 1.82) is 0 Å². The highest BCUT2D eigenvalue weighted by Gasteiger charge is 2.31. The summed E-state index contributed by atoms with van der Waals surface area (Å²) in [5, 5.41) is 11.5. The summed E-state index contributed by atoms with van der Waals surface area (Å²) >= 11 is 0. The Labute approximate surface area is 141 Å². The van der Waals surface area contributed by atoms with Crippen LogP contribution in [0.15, 0.2) is 24.5 Å². The van der Waals surface area contributed by atoms with Crippen LogP contribution in [0.2, 0.25) is 0 Å². The van der Waals surface area contributed by atoms with Crippen LogP contribution in [0.3, 0.4) is 0 Å². The van der Waals surface area contributed by atoms with Gasteiger partial charge in [0.25, 0.3) is 5.91 Å². The summed E-state index contributed by atoms with van der Waals surface area (Å²) < 4.78 is 1.90. The van der Waals surface area contributed by atoms with E-state index in [9.17, 15) is 4.79 Å². The molecule has 2 aromatic rings. The highest BCUT2D eigenvalue weighted by Crippen LogP contribution is 2.38. The molecule has 0 bridgehead atoms. The van der Waals surface area contributed by atoms with Crippen LogP contribution < -0.4 is 5.32 Å². The predicted molar refractivity (Wildman–Crippen MR) is 89.8 cm³/mol. The van der Waals surface area contributed by atoms with E-state index in [2.05, 4.69) is 20.6 Å². The molecule has 4 rings (SSSR count). The largest absolute Gasteiger partial charge is 0.373 e. The van der Waals surface area contributed by atoms with Crippen LogP contribution in [0.4, 0.5) is 5.82 Å². The van der Waals surface area contributed by atoms with Crippen LogP contribution in [0.25, 0.3) is 0 Å². The lowest BCUT2D eigenvalue weighted by Gasteiger charge is -2.24. The zero-order valence-corrected chi connectivity index (χ0v) is 13.9. The standard InChI is InChI=1S/C17H22N6O/c1-18-16-7-6-13(9-19-16)17(24)23-8-2-3-14(23)10-22-11-15(20-21-22)12-4-5-12/h6-7,9,11-12,14H,2-5,8,10H2,1H3,(H,18,19)/t14-/m0/s1. The second-order valence-corrected chi connectivity index (χ2v) is 6.62. The molecular weight excluding hydrogens is 304 g/mol. The first-order valence-electron chi connectivity index (χ1n) is 8.59. The van der Waals surface area contributed by atoms with Crippen molar-refractivity contribution in [2.24, 2.45) is 0 Å². The molecule has 0 radical (unpaired) electrons. The number of nitrogens with one attached hydrogen (secondary N) is 1. The molecule has 0 aromatic carbocycles. The Morgan fingerprint density at radius 2 is 2.21 bits per heavy atom. The Kier molecular flexibility index (Phi) is 3.92. The minimum absolute atomic E-state index is 0.0511. The summed E-state index contributed by atoms with van der Waals surface area (Å²) in [4.78, 5) is 19.0. The second-order valence-electron chi connectivity index (χ2n) is 6.62. The lowest BCUT2D eigenvalue weighted by molar-refractivity contribution is 0.0721. The van der Waals surface area contributed by atoms with Crippen molar-refractivity contribution in [3.05, 3.63) is 35.8 Å². The molecule has 1 saturated heterocycles. The number of rotatable bonds is 5. The third-order valence-corrected chi connectivity index (χ3v) is 4.85. The number of anilines is 1. The number of hydrogen-bond donors (Lipinski definition) is 1. The third kappa shape index (κ3) is 2.98. The fourth-order valence-corrected chi connectivity index (χ4v) is 3.31. The van der Waals surface area contributed by atoms with Crippen molar-refractivity contribution in [2.45, 2.75) is 44.2 Å². The highest BCUT2D eigenvalue weighted by molar-refractivity contribution is 5.94. The van der Waals surface area contributed by atoms with Crippen molar-refractivity contribution in [1.82, 2.24) is 24.9 Å². The Balaban J connectivity index is 1.45. The Morgan fingerprint density at radius 3 is 2.92 bits per heavy atom. The predicted octanol–water partition coefficient (Wildman–Crippen LogP) is 1.90. The Hall–Kier alpha value is -2.44. The number of pyridine rings is 1. The lowest BCUT2D eigenvalue weighted by atomic mass is 10.2. The molecule has 1 aliphatic carbocycles. The van der Waals surface area contributed by atoms with Gasteiger partial charge in [0.2, 0.25) is 0 Å². The highest BCUT2D eigenvalue weighted by atomic mass is 16.2. The van der Waals surface area contributed by atoms with Gasteiger partial charge in [0.15, 0.2) is 0 Å². The van der Waals surface area contributed by atoms with Crippen molar-refractivity contribution in [3.8, 4) is 0 Å². The lowest BCUT2D eigenvalue weighted by Crippen LogP contribution is -2.38. The zero-order valence-electron chi connectivity index (χ0n) is 13.9. The van der Waals surface area contributed by atoms with Crippen LogP contribution in [-0.4, -0.2) is 50.4 Å². The van der Waals surface area contributed by atoms with E-state index in [0.29, 0.717) is 18.0 Å². The molecule has 1 N–H and O–H groups in total. The number of carbonyl (C=O) groups is 1. The molecule has 2 aliphatic rings. The van der Waals surface area contributed by atoms with E-state index in [1.54, 1.807) is 6.20 Å². The fraction of sp³-hybridized carbons (Fsp3) is 0.529. The summed E-state index contributed by atoms with van der Waals surface area (Å²) in [5.74, 6) is 1.42. The summed E-state index contributed by atoms with van der Waals surface area (Å²) in [5.41, 5.74) is 1.73. The van der Waals surface area contributed by atoms with Gasteiger partial charge in [-0.05, 0) is 37.8 Å². The van der Waals surface area contributed by atoms with E-state index < -0.39 is 0 Å². The number of aromatic nitrogens is 4. The van der Waals surface area contributed by atoms with E-state index >= 15 is 0 Å². The maximum Gasteiger partial charge on any atom is 0.255 e. The monoisotopic (exact) mass is 326 g/mol. The summed E-state index contributed by atoms with van der Waals surface area (Å²) in [7, 11) is 1.81. The first-order chi connectivity index (χ1) is 11.7. The van der Waals surface area contributed by atoms with E-state index in [-0.39, 0.29) is 11.9 Å². The number of nitrogens with zero attached hydrogens (tertiary/aromatic N) is 5. The normalized spacial score (nSPS) is 20.4. The maximum atomic E-state index is 12.8. The van der Waals surface area contributed by atoms with Gasteiger partial charge in [-0.2, -0.15) is 0 Å². The molecule has 24 heavy (non-hydrogen) atoms. The topological polar surface area (TPSA) is 75.9 Å². The van der Waals surface area contributed by atoms with E-state index in [1.807, 2.05) is 35.0 Å². The maximum absolute atomic E-state index is 12.8. The molecule has 0 spiro atoms. The molecule has 1 amide bonds. The second kappa shape index (κ2) is 6.22. The minimum atomic E-state index is 0.0511. The molecule has 126 valence electrons. The molecule has 0 unspecified atom stereocenters. The number of amides is 1. The van der Waals surface area contributed by atoms with Crippen molar-refractivity contribution >= 4 is 11.7 Å². The molecule has 2 aromatic heterocycles. The van der Waals surface area contributed by atoms with Gasteiger partial charge in [-0.1, -0.05) is 5.21 Å². The van der Waals surface area contributed by atoms with Crippen LogP contribution in [0.1, 0.15) is 47.7 Å². The van der Waals surface area contributed by atoms with Gasteiger partial charge >= 0.3 is 0 Å². The molecule has 1 atom stereocenters. The first-order valence-corrected chi connectivity index (χ1v) is 8.59. The quantitative estimate of drug-likeness (QED) is 0.908. The van der Waals surface area contributed by atoms with Gasteiger partial charge in [0.05, 0.1) is 23.8 Å². The molecule has 2 fully saturated rings. The molecular formula is C17H22N6O. The van der Waals surface area contributed by atoms with Gasteiger partial charge in [-0.25, -0.2) is 4.98 Å². The van der Waals surface area contributed by atoms with Gasteiger partial charge < -0.3 is 10.2 Å². The van der Waals surface area contributed by atoms with Gasteiger partial charge in [-0.3, -0.25) is 9.48 Å². The number of carbonyl (C=O) groups excluding carboxylic acids is 1. The zero-order chi connectivity index (χ0) is 16.5. The Bertz CT molecular complexity index is 721. The van der Waals surface area contributed by atoms with E-state index in [0.717, 1.165) is 30.9 Å². The van der Waals surface area contributed by atoms with Crippen molar-refractivity contribution < 1.29 is 4.79 Å². The van der Waals surface area contributed by atoms with Crippen molar-refractivity contribution in [2.75, 3.05) is 18.9 Å². The summed E-state index contributed by atoms with van der Waals surface area (Å²) in [6.45, 7) is 1.51. The fourth-order valence-electron chi connectivity index (χ4n) is 3.31. The van der Waals surface area contributed by atoms with Crippen LogP contribution in [0, 0.1) is 0 Å². The average Bonchev–Trinajstić information content (AvgIpc) is 3.19. The SMILES string of the molecule is CNc1ccc(C(=O)N2CCC[C@H]2Cn2cc(C3CC3)nn2)cn1. The van der Waals surface area contributed by atoms with Gasteiger partial charge in [0, 0.05) is 31.9 Å². The minimum Gasteiger partial charge on any atom is -0.373 e. The number of hydrogen-bond acceptors (Lipinski definition) is 5. The summed E-state index contributed by atoms with van der Waals surface area (Å²) in [6, 6.07) is 3.84. The van der Waals surface area contributed by atoms with Gasteiger partial charge in [-0.15, -0.1) is 5.10 Å². The Morgan fingerprint density at radius 1 is 1.33 bits per heavy atom. The third-order valence-electron chi connectivity index (χ3n) is 4.85. The molecule has 3 heterocycles. The molecule has 1 aliphatic heterocycles. The van der Waals surface area contributed by atoms with Crippen LogP contribution in [0.5, 0.6) is 0 Å². The molecule has 1 saturated carbocycles. The van der Waals surface area contributed by atoms with Crippen LogP contribution in [-0.2, 0) is 6.54 Å². The van der Waals surface area contributed by atoms with Gasteiger partial charge in [0.1, 0.15) is 5.82 Å².